The summed E-state index contributed by atoms with van der Waals surface area (Å²) >= 11 is 0. The molecule has 4 nitrogen and oxygen atoms in total. The number of carbonyl (C=O) groups excluding carboxylic acids is 1. The van der Waals surface area contributed by atoms with Gasteiger partial charge in [0.1, 0.15) is 0 Å². The van der Waals surface area contributed by atoms with Crippen LogP contribution < -0.4 is 5.32 Å². The van der Waals surface area contributed by atoms with E-state index in [0.29, 0.717) is 11.5 Å². The lowest BCUT2D eigenvalue weighted by Gasteiger charge is -2.69. The van der Waals surface area contributed by atoms with Gasteiger partial charge in [-0.25, -0.2) is 0 Å². The zero-order chi connectivity index (χ0) is 16.9. The molecular formula is C21H26N2O2. The largest absolute Gasteiger partial charge is 0.469 e. The van der Waals surface area contributed by atoms with Crippen LogP contribution in [0.3, 0.4) is 0 Å². The molecule has 6 aliphatic rings. The lowest BCUT2D eigenvalue weighted by molar-refractivity contribution is -0.171. The summed E-state index contributed by atoms with van der Waals surface area (Å²) in [7, 11) is 1.56. The van der Waals surface area contributed by atoms with Crippen molar-refractivity contribution in [1.29, 1.82) is 0 Å². The van der Waals surface area contributed by atoms with Gasteiger partial charge in [-0.3, -0.25) is 9.69 Å². The number of para-hydroxylation sites is 1. The zero-order valence-corrected chi connectivity index (χ0v) is 14.9. The third-order valence-electron chi connectivity index (χ3n) is 8.60. The van der Waals surface area contributed by atoms with Crippen LogP contribution in [0, 0.1) is 11.3 Å². The summed E-state index contributed by atoms with van der Waals surface area (Å²) in [5, 5.41) is 3.92. The van der Waals surface area contributed by atoms with Gasteiger partial charge >= 0.3 is 5.97 Å². The molecule has 3 saturated carbocycles. The summed E-state index contributed by atoms with van der Waals surface area (Å²) in [5.41, 5.74) is 2.97. The molecule has 1 aromatic rings. The molecule has 132 valence electrons. The highest BCUT2D eigenvalue weighted by Crippen LogP contribution is 2.74. The molecule has 4 heteroatoms. The first-order chi connectivity index (χ1) is 12.2. The monoisotopic (exact) mass is 338 g/mol. The molecule has 0 amide bonds. The number of benzene rings is 1. The lowest BCUT2D eigenvalue weighted by atomic mass is 9.39. The van der Waals surface area contributed by atoms with Crippen molar-refractivity contribution in [1.82, 2.24) is 4.90 Å². The number of hydrogen-bond acceptors (Lipinski definition) is 4. The Morgan fingerprint density at radius 2 is 2.08 bits per heavy atom. The number of hydrogen-bond donors (Lipinski definition) is 1. The van der Waals surface area contributed by atoms with Gasteiger partial charge in [0.25, 0.3) is 0 Å². The fourth-order valence-electron chi connectivity index (χ4n) is 8.03. The van der Waals surface area contributed by atoms with Crippen molar-refractivity contribution in [3.63, 3.8) is 0 Å². The molecule has 2 bridgehead atoms. The number of carbonyl (C=O) groups is 1. The van der Waals surface area contributed by atoms with Gasteiger partial charge in [0.05, 0.1) is 18.6 Å². The van der Waals surface area contributed by atoms with Gasteiger partial charge in [0.2, 0.25) is 0 Å². The maximum atomic E-state index is 12.9. The molecule has 5 fully saturated rings. The van der Waals surface area contributed by atoms with Crippen LogP contribution in [0.5, 0.6) is 0 Å². The second-order valence-corrected chi connectivity index (χ2v) is 9.05. The number of esters is 1. The SMILES string of the molecule is COC(=O)[C@H]1C[C@@]23CCCN4CC[C@]5(c6ccccc6N[C@]15CC2)[C@H]43. The van der Waals surface area contributed by atoms with Crippen LogP contribution in [0.4, 0.5) is 5.69 Å². The molecule has 3 spiro atoms. The molecule has 3 heterocycles. The van der Waals surface area contributed by atoms with Crippen molar-refractivity contribution in [2.75, 3.05) is 25.5 Å². The Labute approximate surface area is 148 Å². The standard InChI is InChI=1S/C21H26N2O2/c1-25-17(24)15-13-19-7-4-11-23-12-10-20(18(19)23)14-5-2-3-6-16(14)22-21(15,20)9-8-19/h2-3,5-6,15,18,22H,4,7-13H2,1H3/t15-,18-,19-,20+,21-/m1/s1. The molecular weight excluding hydrogens is 312 g/mol. The predicted octanol–water partition coefficient (Wildman–Crippen LogP) is 2.93. The Hall–Kier alpha value is -1.55. The number of ether oxygens (including phenoxy) is 1. The predicted molar refractivity (Wildman–Crippen MR) is 95.5 cm³/mol. The Kier molecular flexibility index (Phi) is 2.57. The van der Waals surface area contributed by atoms with Gasteiger partial charge < -0.3 is 10.1 Å². The fourth-order valence-corrected chi connectivity index (χ4v) is 8.03. The minimum atomic E-state index is -0.151. The van der Waals surface area contributed by atoms with Crippen LogP contribution in [-0.4, -0.2) is 42.6 Å². The summed E-state index contributed by atoms with van der Waals surface area (Å²) in [6, 6.07) is 9.45. The summed E-state index contributed by atoms with van der Waals surface area (Å²) in [6.45, 7) is 2.41. The van der Waals surface area contributed by atoms with Crippen LogP contribution in [-0.2, 0) is 14.9 Å². The Morgan fingerprint density at radius 3 is 2.96 bits per heavy atom. The van der Waals surface area contributed by atoms with Crippen molar-refractivity contribution >= 4 is 11.7 Å². The van der Waals surface area contributed by atoms with E-state index in [0.717, 1.165) is 12.8 Å². The number of nitrogens with zero attached hydrogens (tertiary/aromatic N) is 1. The van der Waals surface area contributed by atoms with Gasteiger partial charge in [-0.1, -0.05) is 18.2 Å². The van der Waals surface area contributed by atoms with Gasteiger partial charge in [-0.2, -0.15) is 0 Å². The molecule has 7 rings (SSSR count). The van der Waals surface area contributed by atoms with E-state index in [2.05, 4.69) is 34.5 Å². The number of fused-ring (bicyclic) bond motifs is 3. The molecule has 2 saturated heterocycles. The Balaban J connectivity index is 1.65. The molecule has 0 unspecified atom stereocenters. The quantitative estimate of drug-likeness (QED) is 0.800. The van der Waals surface area contributed by atoms with Gasteiger partial charge in [-0.05, 0) is 68.7 Å². The van der Waals surface area contributed by atoms with E-state index in [1.54, 1.807) is 7.11 Å². The molecule has 3 aliphatic heterocycles. The van der Waals surface area contributed by atoms with E-state index in [1.807, 2.05) is 0 Å². The van der Waals surface area contributed by atoms with Gasteiger partial charge in [0, 0.05) is 17.1 Å². The summed E-state index contributed by atoms with van der Waals surface area (Å²) < 4.78 is 5.33. The van der Waals surface area contributed by atoms with Gasteiger partial charge in [0.15, 0.2) is 0 Å². The van der Waals surface area contributed by atoms with E-state index >= 15 is 0 Å². The summed E-state index contributed by atoms with van der Waals surface area (Å²) in [4.78, 5) is 15.7. The second-order valence-electron chi connectivity index (χ2n) is 9.05. The topological polar surface area (TPSA) is 41.6 Å². The van der Waals surface area contributed by atoms with Crippen molar-refractivity contribution < 1.29 is 9.53 Å². The normalized spacial score (nSPS) is 46.1. The van der Waals surface area contributed by atoms with Crippen LogP contribution in [0.25, 0.3) is 0 Å². The smallest absolute Gasteiger partial charge is 0.311 e. The third-order valence-corrected chi connectivity index (χ3v) is 8.60. The first-order valence-electron chi connectivity index (χ1n) is 9.87. The third kappa shape index (κ3) is 1.38. The molecule has 25 heavy (non-hydrogen) atoms. The molecule has 0 aromatic heterocycles. The van der Waals surface area contributed by atoms with E-state index in [-0.39, 0.29) is 22.8 Å². The van der Waals surface area contributed by atoms with E-state index in [4.69, 9.17) is 4.74 Å². The second kappa shape index (κ2) is 4.40. The lowest BCUT2D eigenvalue weighted by Crippen LogP contribution is -2.76. The minimum Gasteiger partial charge on any atom is -0.469 e. The van der Waals surface area contributed by atoms with Crippen molar-refractivity contribution in [3.05, 3.63) is 29.8 Å². The van der Waals surface area contributed by atoms with E-state index in [9.17, 15) is 4.79 Å². The van der Waals surface area contributed by atoms with Crippen molar-refractivity contribution in [2.45, 2.75) is 55.5 Å². The molecule has 1 aromatic carbocycles. The van der Waals surface area contributed by atoms with Crippen LogP contribution in [0.15, 0.2) is 24.3 Å². The first-order valence-corrected chi connectivity index (χ1v) is 9.87. The van der Waals surface area contributed by atoms with E-state index in [1.165, 1.54) is 50.0 Å². The zero-order valence-electron chi connectivity index (χ0n) is 14.9. The number of methoxy groups -OCH3 is 1. The Morgan fingerprint density at radius 1 is 1.20 bits per heavy atom. The van der Waals surface area contributed by atoms with Crippen LogP contribution in [0.2, 0.25) is 0 Å². The number of piperidine rings is 1. The summed E-state index contributed by atoms with van der Waals surface area (Å²) in [6.07, 6.45) is 7.10. The number of nitrogens with one attached hydrogen (secondary N) is 1. The molecule has 5 atom stereocenters. The molecule has 0 radical (unpaired) electrons. The first kappa shape index (κ1) is 14.6. The van der Waals surface area contributed by atoms with Crippen LogP contribution >= 0.6 is 0 Å². The van der Waals surface area contributed by atoms with E-state index < -0.39 is 0 Å². The number of anilines is 1. The Bertz CT molecular complexity index is 779. The highest BCUT2D eigenvalue weighted by molar-refractivity contribution is 5.80. The average Bonchev–Trinajstić information content (AvgIpc) is 3.19. The van der Waals surface area contributed by atoms with Crippen molar-refractivity contribution in [3.8, 4) is 0 Å². The maximum Gasteiger partial charge on any atom is 0.311 e. The fraction of sp³-hybridized carbons (Fsp3) is 0.667. The maximum absolute atomic E-state index is 12.9. The summed E-state index contributed by atoms with van der Waals surface area (Å²) in [5.74, 6) is -0.0193. The number of rotatable bonds is 1. The highest BCUT2D eigenvalue weighted by Gasteiger charge is 2.78. The van der Waals surface area contributed by atoms with Crippen molar-refractivity contribution in [2.24, 2.45) is 11.3 Å². The average molecular weight is 338 g/mol. The minimum absolute atomic E-state index is 0.00114. The molecule has 1 N–H and O–H groups in total. The van der Waals surface area contributed by atoms with Crippen LogP contribution in [0.1, 0.15) is 44.1 Å². The van der Waals surface area contributed by atoms with Gasteiger partial charge in [-0.15, -0.1) is 0 Å². The molecule has 3 aliphatic carbocycles. The highest BCUT2D eigenvalue weighted by atomic mass is 16.5.